The number of aliphatic carboxylic acids is 1. The number of para-hydroxylation sites is 1. The van der Waals surface area contributed by atoms with E-state index < -0.39 is 11.5 Å². The number of benzene rings is 1. The number of hydrogen-bond donors (Lipinski definition) is 3. The van der Waals surface area contributed by atoms with Gasteiger partial charge in [-0.25, -0.2) is 4.98 Å². The van der Waals surface area contributed by atoms with Gasteiger partial charge in [0.15, 0.2) is 0 Å². The first-order valence-corrected chi connectivity index (χ1v) is 8.98. The van der Waals surface area contributed by atoms with Crippen LogP contribution in [0.2, 0.25) is 0 Å². The highest BCUT2D eigenvalue weighted by Gasteiger charge is 2.37. The predicted octanol–water partition coefficient (Wildman–Crippen LogP) is 2.15. The van der Waals surface area contributed by atoms with Crippen LogP contribution in [-0.4, -0.2) is 32.5 Å². The van der Waals surface area contributed by atoms with Crippen LogP contribution in [-0.2, 0) is 16.0 Å². The van der Waals surface area contributed by atoms with Crippen molar-refractivity contribution in [2.24, 2.45) is 0 Å². The van der Waals surface area contributed by atoms with E-state index in [1.807, 2.05) is 6.07 Å². The topological polar surface area (TPSA) is 112 Å². The summed E-state index contributed by atoms with van der Waals surface area (Å²) in [5.74, 6) is -0.468. The minimum atomic E-state index is -0.884. The van der Waals surface area contributed by atoms with Crippen LogP contribution in [0.4, 0.5) is 0 Å². The van der Waals surface area contributed by atoms with Gasteiger partial charge in [0.25, 0.3) is 5.56 Å². The highest BCUT2D eigenvalue weighted by molar-refractivity contribution is 5.78. The summed E-state index contributed by atoms with van der Waals surface area (Å²) in [6.45, 7) is 0. The van der Waals surface area contributed by atoms with Crippen LogP contribution >= 0.6 is 0 Å². The number of carboxylic acids is 1. The number of carboxylic acid groups (broad SMARTS) is 1. The molecule has 2 aromatic rings. The zero-order valence-corrected chi connectivity index (χ0v) is 14.6. The largest absolute Gasteiger partial charge is 0.481 e. The molecule has 3 rings (SSSR count). The van der Waals surface area contributed by atoms with Crippen LogP contribution in [0.25, 0.3) is 10.9 Å². The lowest BCUT2D eigenvalue weighted by Gasteiger charge is -2.28. The van der Waals surface area contributed by atoms with Crippen molar-refractivity contribution in [2.75, 3.05) is 0 Å². The Morgan fingerprint density at radius 2 is 1.96 bits per heavy atom. The third-order valence-corrected chi connectivity index (χ3v) is 4.93. The molecule has 26 heavy (non-hydrogen) atoms. The maximum absolute atomic E-state index is 12.3. The normalized spacial score (nSPS) is 15.8. The molecule has 1 amide bonds. The van der Waals surface area contributed by atoms with Gasteiger partial charge in [-0.2, -0.15) is 0 Å². The zero-order chi connectivity index (χ0) is 18.6. The summed E-state index contributed by atoms with van der Waals surface area (Å²) >= 11 is 0. The Hall–Kier alpha value is -2.70. The van der Waals surface area contributed by atoms with Gasteiger partial charge in [0.05, 0.1) is 22.9 Å². The molecule has 7 heteroatoms. The van der Waals surface area contributed by atoms with E-state index in [1.54, 1.807) is 18.2 Å². The van der Waals surface area contributed by atoms with Gasteiger partial charge < -0.3 is 15.4 Å². The number of aromatic amines is 1. The molecule has 3 N–H and O–H groups in total. The van der Waals surface area contributed by atoms with Gasteiger partial charge in [0.1, 0.15) is 5.82 Å². The lowest BCUT2D eigenvalue weighted by atomic mass is 9.93. The second-order valence-corrected chi connectivity index (χ2v) is 6.99. The van der Waals surface area contributed by atoms with Crippen LogP contribution < -0.4 is 10.9 Å². The van der Waals surface area contributed by atoms with Crippen molar-refractivity contribution >= 4 is 22.8 Å². The first kappa shape index (κ1) is 18.1. The molecule has 1 fully saturated rings. The lowest BCUT2D eigenvalue weighted by molar-refractivity contribution is -0.139. The molecule has 1 saturated carbocycles. The van der Waals surface area contributed by atoms with Crippen molar-refractivity contribution in [2.45, 2.75) is 56.9 Å². The zero-order valence-electron chi connectivity index (χ0n) is 14.6. The van der Waals surface area contributed by atoms with Gasteiger partial charge in [-0.05, 0) is 31.4 Å². The van der Waals surface area contributed by atoms with Gasteiger partial charge >= 0.3 is 5.97 Å². The maximum atomic E-state index is 12.3. The van der Waals surface area contributed by atoms with Crippen molar-refractivity contribution in [1.82, 2.24) is 15.3 Å². The minimum absolute atomic E-state index is 0.0295. The predicted molar refractivity (Wildman–Crippen MR) is 96.9 cm³/mol. The Morgan fingerprint density at radius 3 is 2.69 bits per heavy atom. The number of rotatable bonds is 7. The van der Waals surface area contributed by atoms with E-state index in [-0.39, 0.29) is 24.3 Å². The third kappa shape index (κ3) is 4.28. The number of aryl methyl sites for hydroxylation is 1. The van der Waals surface area contributed by atoms with Crippen LogP contribution in [0.5, 0.6) is 0 Å². The van der Waals surface area contributed by atoms with E-state index in [0.717, 1.165) is 12.8 Å². The van der Waals surface area contributed by atoms with E-state index in [1.165, 1.54) is 0 Å². The number of H-pyrrole nitrogens is 1. The molecule has 1 aliphatic rings. The fraction of sp³-hybridized carbons (Fsp3) is 0.474. The third-order valence-electron chi connectivity index (χ3n) is 4.93. The summed E-state index contributed by atoms with van der Waals surface area (Å²) in [7, 11) is 0. The monoisotopic (exact) mass is 357 g/mol. The molecule has 1 aromatic carbocycles. The highest BCUT2D eigenvalue weighted by Crippen LogP contribution is 2.32. The molecule has 1 heterocycles. The Balaban J connectivity index is 1.57. The number of aromatic nitrogens is 2. The second kappa shape index (κ2) is 7.68. The first-order chi connectivity index (χ1) is 12.5. The van der Waals surface area contributed by atoms with E-state index in [0.29, 0.717) is 42.4 Å². The smallest absolute Gasteiger partial charge is 0.305 e. The van der Waals surface area contributed by atoms with Gasteiger partial charge in [0, 0.05) is 12.8 Å². The summed E-state index contributed by atoms with van der Waals surface area (Å²) in [4.78, 5) is 42.6. The molecule has 7 nitrogen and oxygen atoms in total. The lowest BCUT2D eigenvalue weighted by Crippen LogP contribution is -2.47. The number of fused-ring (bicyclic) bond motifs is 1. The minimum Gasteiger partial charge on any atom is -0.481 e. The van der Waals surface area contributed by atoms with Crippen molar-refractivity contribution in [3.05, 3.63) is 40.4 Å². The molecule has 0 unspecified atom stereocenters. The van der Waals surface area contributed by atoms with Crippen molar-refractivity contribution < 1.29 is 14.7 Å². The number of nitrogens with one attached hydrogen (secondary N) is 2. The standard InChI is InChI=1S/C19H23N3O4/c23-16(22-19(12-17(24)25)10-3-4-11-19)9-5-8-15-20-14-7-2-1-6-13(14)18(26)21-15/h1-2,6-7H,3-5,8-12H2,(H,22,23)(H,24,25)(H,20,21,26). The number of nitrogens with zero attached hydrogens (tertiary/aromatic N) is 1. The number of carbonyl (C=O) groups is 2. The van der Waals surface area contributed by atoms with Crippen LogP contribution in [0.3, 0.4) is 0 Å². The number of amides is 1. The van der Waals surface area contributed by atoms with E-state index in [4.69, 9.17) is 5.11 Å². The molecule has 0 saturated heterocycles. The number of carbonyl (C=O) groups excluding carboxylic acids is 1. The molecule has 0 spiro atoms. The van der Waals surface area contributed by atoms with Crippen molar-refractivity contribution in [1.29, 1.82) is 0 Å². The summed E-state index contributed by atoms with van der Waals surface area (Å²) in [5, 5.41) is 12.6. The molecular formula is C19H23N3O4. The summed E-state index contributed by atoms with van der Waals surface area (Å²) in [5.41, 5.74) is -0.137. The Kier molecular flexibility index (Phi) is 5.35. The van der Waals surface area contributed by atoms with Gasteiger partial charge in [0.2, 0.25) is 5.91 Å². The average molecular weight is 357 g/mol. The van der Waals surface area contributed by atoms with Crippen LogP contribution in [0.15, 0.2) is 29.1 Å². The number of hydrogen-bond acceptors (Lipinski definition) is 4. The summed E-state index contributed by atoms with van der Waals surface area (Å²) in [6.07, 6.45) is 4.58. The second-order valence-electron chi connectivity index (χ2n) is 6.99. The van der Waals surface area contributed by atoms with E-state index in [2.05, 4.69) is 15.3 Å². The van der Waals surface area contributed by atoms with Crippen molar-refractivity contribution in [3.63, 3.8) is 0 Å². The van der Waals surface area contributed by atoms with Gasteiger partial charge in [-0.3, -0.25) is 14.4 Å². The Bertz CT molecular complexity index is 868. The summed E-state index contributed by atoms with van der Waals surface area (Å²) in [6, 6.07) is 7.13. The summed E-state index contributed by atoms with van der Waals surface area (Å²) < 4.78 is 0. The molecule has 0 bridgehead atoms. The molecule has 1 aromatic heterocycles. The Morgan fingerprint density at radius 1 is 1.23 bits per heavy atom. The molecule has 0 atom stereocenters. The SMILES string of the molecule is O=C(O)CC1(NC(=O)CCCc2nc3ccccc3c(=O)[nH]2)CCCC1. The molecule has 1 aliphatic carbocycles. The highest BCUT2D eigenvalue weighted by atomic mass is 16.4. The maximum Gasteiger partial charge on any atom is 0.305 e. The van der Waals surface area contributed by atoms with Gasteiger partial charge in [-0.15, -0.1) is 0 Å². The fourth-order valence-electron chi connectivity index (χ4n) is 3.72. The van der Waals surface area contributed by atoms with Gasteiger partial charge in [-0.1, -0.05) is 25.0 Å². The quantitative estimate of drug-likeness (QED) is 0.703. The van der Waals surface area contributed by atoms with Crippen molar-refractivity contribution in [3.8, 4) is 0 Å². The van der Waals surface area contributed by atoms with Crippen LogP contribution in [0.1, 0.15) is 50.8 Å². The molecule has 0 aliphatic heterocycles. The average Bonchev–Trinajstić information content (AvgIpc) is 3.02. The fourth-order valence-corrected chi connectivity index (χ4v) is 3.72. The molecule has 0 radical (unpaired) electrons. The van der Waals surface area contributed by atoms with E-state index >= 15 is 0 Å². The first-order valence-electron chi connectivity index (χ1n) is 8.98. The van der Waals surface area contributed by atoms with Crippen LogP contribution in [0, 0.1) is 0 Å². The Labute approximate surface area is 150 Å². The van der Waals surface area contributed by atoms with E-state index in [9.17, 15) is 14.4 Å². The molecular weight excluding hydrogens is 334 g/mol. The molecule has 138 valence electrons.